The first-order chi connectivity index (χ1) is 15.2. The van der Waals surface area contributed by atoms with Gasteiger partial charge in [-0.15, -0.1) is 0 Å². The van der Waals surface area contributed by atoms with E-state index in [1.807, 2.05) is 68.4 Å². The van der Waals surface area contributed by atoms with E-state index in [2.05, 4.69) is 12.2 Å². The van der Waals surface area contributed by atoms with Gasteiger partial charge in [-0.25, -0.2) is 0 Å². The highest BCUT2D eigenvalue weighted by atomic mass is 35.5. The van der Waals surface area contributed by atoms with Crippen LogP contribution in [0.3, 0.4) is 0 Å². The number of fused-ring (bicyclic) bond motifs is 1. The second-order valence-corrected chi connectivity index (χ2v) is 9.41. The lowest BCUT2D eigenvalue weighted by Gasteiger charge is -2.19. The minimum Gasteiger partial charge on any atom is -0.492 e. The number of pyridine rings is 1. The first kappa shape index (κ1) is 24.3. The Morgan fingerprint density at radius 3 is 2.62 bits per heavy atom. The van der Waals surface area contributed by atoms with Crippen molar-refractivity contribution in [2.24, 2.45) is 0 Å². The van der Waals surface area contributed by atoms with E-state index in [4.69, 9.17) is 16.3 Å². The standard InChI is InChI=1S/C26H33ClN2O3/c1-19(8-7-13-26(2,3)31)28-18-21-16-20-11-12-22(27)17-24(20)29(25(21)30)14-15-32-23-9-5-4-6-10-23/h4-6,9-12,16-17,19,28,31H,7-8,13-15,18H2,1-3H3/t19-/m0/s1. The Bertz CT molecular complexity index is 1070. The number of benzene rings is 2. The van der Waals surface area contributed by atoms with Crippen LogP contribution in [-0.2, 0) is 13.1 Å². The number of para-hydroxylation sites is 1. The quantitative estimate of drug-likeness (QED) is 0.418. The van der Waals surface area contributed by atoms with Crippen LogP contribution in [0.5, 0.6) is 5.75 Å². The van der Waals surface area contributed by atoms with E-state index in [1.165, 1.54) is 0 Å². The number of hydrogen-bond acceptors (Lipinski definition) is 4. The summed E-state index contributed by atoms with van der Waals surface area (Å²) in [6.07, 6.45) is 2.62. The summed E-state index contributed by atoms with van der Waals surface area (Å²) in [4.78, 5) is 13.3. The van der Waals surface area contributed by atoms with Crippen molar-refractivity contribution in [1.82, 2.24) is 9.88 Å². The molecule has 6 heteroatoms. The van der Waals surface area contributed by atoms with Crippen molar-refractivity contribution in [2.75, 3.05) is 6.61 Å². The Hall–Kier alpha value is -2.34. The first-order valence-corrected chi connectivity index (χ1v) is 11.6. The summed E-state index contributed by atoms with van der Waals surface area (Å²) in [5.74, 6) is 0.778. The van der Waals surface area contributed by atoms with Crippen LogP contribution in [0.4, 0.5) is 0 Å². The van der Waals surface area contributed by atoms with E-state index in [9.17, 15) is 9.90 Å². The molecule has 5 nitrogen and oxygen atoms in total. The molecule has 32 heavy (non-hydrogen) atoms. The Balaban J connectivity index is 1.73. The molecule has 0 bridgehead atoms. The van der Waals surface area contributed by atoms with Gasteiger partial charge < -0.3 is 19.7 Å². The molecular weight excluding hydrogens is 424 g/mol. The minimum atomic E-state index is -0.644. The number of nitrogens with zero attached hydrogens (tertiary/aromatic N) is 1. The number of rotatable bonds is 11. The molecule has 2 N–H and O–H groups in total. The molecule has 0 saturated heterocycles. The highest BCUT2D eigenvalue weighted by Gasteiger charge is 2.14. The van der Waals surface area contributed by atoms with Gasteiger partial charge in [0.1, 0.15) is 12.4 Å². The van der Waals surface area contributed by atoms with Gasteiger partial charge in [-0.3, -0.25) is 4.79 Å². The summed E-state index contributed by atoms with van der Waals surface area (Å²) < 4.78 is 7.58. The van der Waals surface area contributed by atoms with Gasteiger partial charge in [0.15, 0.2) is 0 Å². The molecule has 0 saturated carbocycles. The largest absolute Gasteiger partial charge is 0.492 e. The van der Waals surface area contributed by atoms with Crippen molar-refractivity contribution >= 4 is 22.5 Å². The summed E-state index contributed by atoms with van der Waals surface area (Å²) >= 11 is 6.22. The molecule has 3 aromatic rings. The Labute approximate surface area is 195 Å². The lowest BCUT2D eigenvalue weighted by atomic mass is 10.00. The van der Waals surface area contributed by atoms with E-state index >= 15 is 0 Å². The lowest BCUT2D eigenvalue weighted by Crippen LogP contribution is -2.32. The monoisotopic (exact) mass is 456 g/mol. The normalized spacial score (nSPS) is 12.8. The van der Waals surface area contributed by atoms with Gasteiger partial charge in [-0.05, 0) is 75.8 Å². The molecule has 1 heterocycles. The summed E-state index contributed by atoms with van der Waals surface area (Å²) in [7, 11) is 0. The minimum absolute atomic E-state index is 0.0346. The molecule has 2 aromatic carbocycles. The van der Waals surface area contributed by atoms with Gasteiger partial charge >= 0.3 is 0 Å². The maximum absolute atomic E-state index is 13.3. The summed E-state index contributed by atoms with van der Waals surface area (Å²) in [6, 6.07) is 17.4. The molecule has 0 unspecified atom stereocenters. The lowest BCUT2D eigenvalue weighted by molar-refractivity contribution is 0.0675. The maximum atomic E-state index is 13.3. The van der Waals surface area contributed by atoms with Crippen LogP contribution in [0, 0.1) is 0 Å². The van der Waals surface area contributed by atoms with Crippen LogP contribution in [0.25, 0.3) is 10.9 Å². The topological polar surface area (TPSA) is 63.5 Å². The van der Waals surface area contributed by atoms with Crippen molar-refractivity contribution in [1.29, 1.82) is 0 Å². The van der Waals surface area contributed by atoms with E-state index in [1.54, 1.807) is 4.57 Å². The SMILES string of the molecule is C[C@@H](CCCC(C)(C)O)NCc1cc2ccc(Cl)cc2n(CCOc2ccccc2)c1=O. The Morgan fingerprint density at radius 1 is 1.16 bits per heavy atom. The number of halogens is 1. The van der Waals surface area contributed by atoms with Gasteiger partial charge in [-0.2, -0.15) is 0 Å². The predicted octanol–water partition coefficient (Wildman–Crippen LogP) is 5.15. The molecule has 0 spiro atoms. The average Bonchev–Trinajstić information content (AvgIpc) is 2.74. The highest BCUT2D eigenvalue weighted by Crippen LogP contribution is 2.20. The van der Waals surface area contributed by atoms with E-state index in [0.29, 0.717) is 30.3 Å². The highest BCUT2D eigenvalue weighted by molar-refractivity contribution is 6.31. The summed E-state index contributed by atoms with van der Waals surface area (Å²) in [5.41, 5.74) is 0.845. The number of hydrogen-bond donors (Lipinski definition) is 2. The average molecular weight is 457 g/mol. The van der Waals surface area contributed by atoms with Crippen molar-refractivity contribution in [3.8, 4) is 5.75 Å². The summed E-state index contributed by atoms with van der Waals surface area (Å²) in [5, 5.41) is 14.9. The van der Waals surface area contributed by atoms with E-state index in [-0.39, 0.29) is 11.6 Å². The van der Waals surface area contributed by atoms with Gasteiger partial charge in [-0.1, -0.05) is 35.9 Å². The molecule has 1 aromatic heterocycles. The fraction of sp³-hybridized carbons (Fsp3) is 0.423. The molecule has 0 radical (unpaired) electrons. The third-order valence-electron chi connectivity index (χ3n) is 5.53. The first-order valence-electron chi connectivity index (χ1n) is 11.2. The molecule has 172 valence electrons. The van der Waals surface area contributed by atoms with Gasteiger partial charge in [0, 0.05) is 23.2 Å². The predicted molar refractivity (Wildman–Crippen MR) is 132 cm³/mol. The molecular formula is C26H33ClN2O3. The second kappa shape index (κ2) is 11.0. The molecule has 0 aliphatic rings. The van der Waals surface area contributed by atoms with Crippen LogP contribution < -0.4 is 15.6 Å². The number of aromatic nitrogens is 1. The van der Waals surface area contributed by atoms with Crippen LogP contribution >= 0.6 is 11.6 Å². The van der Waals surface area contributed by atoms with Crippen LogP contribution in [0.1, 0.15) is 45.6 Å². The molecule has 1 atom stereocenters. The van der Waals surface area contributed by atoms with Crippen molar-refractivity contribution in [3.05, 3.63) is 75.5 Å². The number of nitrogens with one attached hydrogen (secondary N) is 1. The Kier molecular flexibility index (Phi) is 8.35. The molecule has 3 rings (SSSR count). The smallest absolute Gasteiger partial charge is 0.255 e. The zero-order valence-corrected chi connectivity index (χ0v) is 19.9. The van der Waals surface area contributed by atoms with Gasteiger partial charge in [0.05, 0.1) is 17.7 Å². The summed E-state index contributed by atoms with van der Waals surface area (Å²) in [6.45, 7) is 7.07. The van der Waals surface area contributed by atoms with Crippen LogP contribution in [0.15, 0.2) is 59.4 Å². The number of aliphatic hydroxyl groups is 1. The van der Waals surface area contributed by atoms with Crippen LogP contribution in [0.2, 0.25) is 5.02 Å². The third-order valence-corrected chi connectivity index (χ3v) is 5.76. The van der Waals surface area contributed by atoms with E-state index in [0.717, 1.165) is 35.9 Å². The van der Waals surface area contributed by atoms with Crippen molar-refractivity contribution < 1.29 is 9.84 Å². The number of ether oxygens (including phenoxy) is 1. The fourth-order valence-electron chi connectivity index (χ4n) is 3.75. The van der Waals surface area contributed by atoms with Crippen molar-refractivity contribution in [2.45, 2.75) is 64.8 Å². The Morgan fingerprint density at radius 2 is 1.91 bits per heavy atom. The zero-order chi connectivity index (χ0) is 23.1. The third kappa shape index (κ3) is 7.09. The molecule has 0 fully saturated rings. The zero-order valence-electron chi connectivity index (χ0n) is 19.1. The van der Waals surface area contributed by atoms with Gasteiger partial charge in [0.2, 0.25) is 0 Å². The van der Waals surface area contributed by atoms with E-state index < -0.39 is 5.60 Å². The van der Waals surface area contributed by atoms with Crippen molar-refractivity contribution in [3.63, 3.8) is 0 Å². The second-order valence-electron chi connectivity index (χ2n) is 8.98. The molecule has 0 amide bonds. The maximum Gasteiger partial charge on any atom is 0.255 e. The van der Waals surface area contributed by atoms with Gasteiger partial charge in [0.25, 0.3) is 5.56 Å². The van der Waals surface area contributed by atoms with Crippen LogP contribution in [-0.4, -0.2) is 27.9 Å². The molecule has 0 aliphatic heterocycles. The molecule has 0 aliphatic carbocycles. The fourth-order valence-corrected chi connectivity index (χ4v) is 3.92.